The Hall–Kier alpha value is -3.12. The van der Waals surface area contributed by atoms with Crippen LogP contribution in [0, 0.1) is 11.8 Å². The molecule has 0 saturated carbocycles. The van der Waals surface area contributed by atoms with E-state index in [1.165, 1.54) is 11.8 Å². The third-order valence-electron chi connectivity index (χ3n) is 6.48. The van der Waals surface area contributed by atoms with E-state index in [4.69, 9.17) is 11.5 Å². The molecule has 8 N–H and O–H groups in total. The molecule has 1 aromatic rings. The van der Waals surface area contributed by atoms with Crippen molar-refractivity contribution in [2.45, 2.75) is 77.5 Å². The standard InChI is InChI=1S/C28H46N6O5S/c1-6-18(4)24(34-26(37)20(29)15-19-10-8-7-9-11-19)28(39)31-16-23(35)32-22(14-17(2)3)27(38)33-21(25(30)36)12-13-40-5/h7-11,17-18,20-22,24H,6,12-16,29H2,1-5H3,(H2,30,36)(H,31,39)(H,32,35)(H,33,38)(H,34,37)/t18?,20-,21-,22-,24-/m0/s1. The van der Waals surface area contributed by atoms with Crippen LogP contribution >= 0.6 is 11.8 Å². The van der Waals surface area contributed by atoms with Crippen LogP contribution in [0.1, 0.15) is 52.5 Å². The van der Waals surface area contributed by atoms with E-state index in [-0.39, 0.29) is 11.8 Å². The first-order valence-corrected chi connectivity index (χ1v) is 15.0. The van der Waals surface area contributed by atoms with Crippen LogP contribution in [0.4, 0.5) is 0 Å². The summed E-state index contributed by atoms with van der Waals surface area (Å²) < 4.78 is 0. The monoisotopic (exact) mass is 578 g/mol. The van der Waals surface area contributed by atoms with Crippen LogP contribution in [0.3, 0.4) is 0 Å². The van der Waals surface area contributed by atoms with E-state index in [2.05, 4.69) is 21.3 Å². The molecule has 1 rings (SSSR count). The van der Waals surface area contributed by atoms with Gasteiger partial charge in [-0.15, -0.1) is 0 Å². The van der Waals surface area contributed by atoms with Crippen molar-refractivity contribution in [1.29, 1.82) is 0 Å². The molecule has 0 heterocycles. The Labute approximate surface area is 241 Å². The highest BCUT2D eigenvalue weighted by Crippen LogP contribution is 2.10. The number of nitrogens with two attached hydrogens (primary N) is 2. The molecule has 12 heteroatoms. The van der Waals surface area contributed by atoms with Crippen LogP contribution in [0.25, 0.3) is 0 Å². The number of hydrogen-bond acceptors (Lipinski definition) is 7. The first-order valence-electron chi connectivity index (χ1n) is 13.6. The van der Waals surface area contributed by atoms with Crippen LogP contribution < -0.4 is 32.7 Å². The van der Waals surface area contributed by atoms with E-state index in [1.54, 1.807) is 0 Å². The zero-order valence-electron chi connectivity index (χ0n) is 24.2. The van der Waals surface area contributed by atoms with E-state index in [0.717, 1.165) is 5.56 Å². The van der Waals surface area contributed by atoms with Crippen molar-refractivity contribution < 1.29 is 24.0 Å². The van der Waals surface area contributed by atoms with Crippen LogP contribution in [0.2, 0.25) is 0 Å². The largest absolute Gasteiger partial charge is 0.368 e. The second-order valence-corrected chi connectivity index (χ2v) is 11.4. The van der Waals surface area contributed by atoms with Crippen LogP contribution in [-0.2, 0) is 30.4 Å². The molecule has 1 aromatic carbocycles. The van der Waals surface area contributed by atoms with Gasteiger partial charge in [-0.3, -0.25) is 24.0 Å². The molecular weight excluding hydrogens is 532 g/mol. The number of primary amides is 1. The SMILES string of the molecule is CCC(C)[C@H](NC(=O)[C@@H](N)Cc1ccccc1)C(=O)NCC(=O)N[C@@H](CC(C)C)C(=O)N[C@@H](CCSC)C(N)=O. The van der Waals surface area contributed by atoms with Crippen molar-refractivity contribution in [2.24, 2.45) is 23.3 Å². The minimum atomic E-state index is -0.915. The minimum absolute atomic E-state index is 0.0638. The fraction of sp³-hybridized carbons (Fsp3) is 0.607. The molecule has 11 nitrogen and oxygen atoms in total. The summed E-state index contributed by atoms with van der Waals surface area (Å²) in [6.45, 7) is 7.11. The van der Waals surface area contributed by atoms with Gasteiger partial charge >= 0.3 is 0 Å². The first-order chi connectivity index (χ1) is 18.9. The number of benzene rings is 1. The molecule has 0 bridgehead atoms. The molecule has 0 fully saturated rings. The number of carbonyl (C=O) groups excluding carboxylic acids is 5. The van der Waals surface area contributed by atoms with Crippen LogP contribution in [-0.4, -0.2) is 72.3 Å². The molecule has 40 heavy (non-hydrogen) atoms. The molecular formula is C28H46N6O5S. The molecule has 0 aliphatic heterocycles. The van der Waals surface area contributed by atoms with E-state index >= 15 is 0 Å². The molecule has 5 amide bonds. The smallest absolute Gasteiger partial charge is 0.243 e. The maximum atomic E-state index is 13.0. The highest BCUT2D eigenvalue weighted by atomic mass is 32.2. The van der Waals surface area contributed by atoms with E-state index in [1.807, 2.05) is 64.3 Å². The number of rotatable bonds is 18. The Morgan fingerprint density at radius 3 is 2.10 bits per heavy atom. The highest BCUT2D eigenvalue weighted by Gasteiger charge is 2.29. The van der Waals surface area contributed by atoms with Gasteiger partial charge in [0.25, 0.3) is 0 Å². The predicted octanol–water partition coefficient (Wildman–Crippen LogP) is 0.458. The van der Waals surface area contributed by atoms with E-state index in [9.17, 15) is 24.0 Å². The number of amides is 5. The Morgan fingerprint density at radius 2 is 1.55 bits per heavy atom. The lowest BCUT2D eigenvalue weighted by Gasteiger charge is -2.26. The van der Waals surface area contributed by atoms with E-state index in [0.29, 0.717) is 31.4 Å². The third-order valence-corrected chi connectivity index (χ3v) is 7.12. The van der Waals surface area contributed by atoms with Gasteiger partial charge in [0.15, 0.2) is 0 Å². The van der Waals surface area contributed by atoms with Crippen molar-refractivity contribution in [2.75, 3.05) is 18.6 Å². The summed E-state index contributed by atoms with van der Waals surface area (Å²) in [5.41, 5.74) is 12.4. The minimum Gasteiger partial charge on any atom is -0.368 e. The Bertz CT molecular complexity index is 977. The van der Waals surface area contributed by atoms with Crippen LogP contribution in [0.5, 0.6) is 0 Å². The predicted molar refractivity (Wildman–Crippen MR) is 158 cm³/mol. The lowest BCUT2D eigenvalue weighted by molar-refractivity contribution is -0.133. The number of nitrogens with one attached hydrogen (secondary N) is 4. The van der Waals surface area contributed by atoms with Crippen molar-refractivity contribution in [1.82, 2.24) is 21.3 Å². The Balaban J connectivity index is 2.79. The summed E-state index contributed by atoms with van der Waals surface area (Å²) in [7, 11) is 0. The van der Waals surface area contributed by atoms with E-state index < -0.39 is 60.2 Å². The Kier molecular flexibility index (Phi) is 15.9. The van der Waals surface area contributed by atoms with Gasteiger partial charge < -0.3 is 32.7 Å². The highest BCUT2D eigenvalue weighted by molar-refractivity contribution is 7.98. The normalized spacial score (nSPS) is 14.8. The summed E-state index contributed by atoms with van der Waals surface area (Å²) in [6.07, 6.45) is 3.50. The molecule has 0 aliphatic rings. The summed E-state index contributed by atoms with van der Waals surface area (Å²) in [4.78, 5) is 63.2. The van der Waals surface area contributed by atoms with Crippen molar-refractivity contribution in [3.63, 3.8) is 0 Å². The lowest BCUT2D eigenvalue weighted by Crippen LogP contribution is -2.57. The van der Waals surface area contributed by atoms with Gasteiger partial charge in [0.05, 0.1) is 12.6 Å². The average Bonchev–Trinajstić information content (AvgIpc) is 2.91. The quantitative estimate of drug-likeness (QED) is 0.146. The number of hydrogen-bond donors (Lipinski definition) is 6. The van der Waals surface area contributed by atoms with Gasteiger partial charge in [-0.25, -0.2) is 0 Å². The molecule has 0 aliphatic carbocycles. The topological polar surface area (TPSA) is 186 Å². The van der Waals surface area contributed by atoms with Crippen molar-refractivity contribution in [3.8, 4) is 0 Å². The molecule has 5 atom stereocenters. The second kappa shape index (κ2) is 18.3. The van der Waals surface area contributed by atoms with Crippen molar-refractivity contribution in [3.05, 3.63) is 35.9 Å². The third kappa shape index (κ3) is 12.8. The molecule has 0 radical (unpaired) electrons. The average molecular weight is 579 g/mol. The number of thioether (sulfide) groups is 1. The van der Waals surface area contributed by atoms with Crippen molar-refractivity contribution >= 4 is 41.3 Å². The van der Waals surface area contributed by atoms with Gasteiger partial charge in [-0.1, -0.05) is 64.4 Å². The molecule has 224 valence electrons. The zero-order chi connectivity index (χ0) is 30.2. The molecule has 0 saturated heterocycles. The zero-order valence-corrected chi connectivity index (χ0v) is 25.0. The fourth-order valence-electron chi connectivity index (χ4n) is 3.94. The fourth-order valence-corrected chi connectivity index (χ4v) is 4.41. The molecule has 0 spiro atoms. The summed E-state index contributed by atoms with van der Waals surface area (Å²) in [5.74, 6) is -2.26. The summed E-state index contributed by atoms with van der Waals surface area (Å²) >= 11 is 1.52. The molecule has 1 unspecified atom stereocenters. The Morgan fingerprint density at radius 1 is 0.900 bits per heavy atom. The summed E-state index contributed by atoms with van der Waals surface area (Å²) in [6, 6.07) is 5.83. The molecule has 0 aromatic heterocycles. The first kappa shape index (κ1) is 34.9. The lowest BCUT2D eigenvalue weighted by atomic mass is 9.97. The van der Waals surface area contributed by atoms with Gasteiger partial charge in [0, 0.05) is 0 Å². The maximum Gasteiger partial charge on any atom is 0.243 e. The van der Waals surface area contributed by atoms with Gasteiger partial charge in [-0.05, 0) is 48.7 Å². The van der Waals surface area contributed by atoms with Gasteiger partial charge in [0.1, 0.15) is 18.1 Å². The van der Waals surface area contributed by atoms with Gasteiger partial charge in [-0.2, -0.15) is 11.8 Å². The summed E-state index contributed by atoms with van der Waals surface area (Å²) in [5, 5.41) is 10.6. The second-order valence-electron chi connectivity index (χ2n) is 10.4. The van der Waals surface area contributed by atoms with Gasteiger partial charge in [0.2, 0.25) is 29.5 Å². The maximum absolute atomic E-state index is 13.0. The van der Waals surface area contributed by atoms with Crippen LogP contribution in [0.15, 0.2) is 30.3 Å². The number of carbonyl (C=O) groups is 5.